The molecule has 0 bridgehead atoms. The molecule has 0 spiro atoms. The molecule has 5 nitrogen and oxygen atoms in total. The molecule has 3 aromatic rings. The van der Waals surface area contributed by atoms with E-state index in [0.29, 0.717) is 17.0 Å². The SMILES string of the molecule is CCc1cc(-c2ncncc2-c2csc(C)n2)c(O)cc1OC. The summed E-state index contributed by atoms with van der Waals surface area (Å²) < 4.78 is 5.32. The van der Waals surface area contributed by atoms with Crippen LogP contribution in [-0.2, 0) is 6.42 Å². The Balaban J connectivity index is 2.20. The van der Waals surface area contributed by atoms with Crippen LogP contribution in [0.3, 0.4) is 0 Å². The molecular weight excluding hydrogens is 310 g/mol. The van der Waals surface area contributed by atoms with Crippen molar-refractivity contribution in [3.63, 3.8) is 0 Å². The van der Waals surface area contributed by atoms with Crippen molar-refractivity contribution in [1.29, 1.82) is 0 Å². The Morgan fingerprint density at radius 2 is 2.09 bits per heavy atom. The second-order valence-electron chi connectivity index (χ2n) is 5.07. The number of benzene rings is 1. The van der Waals surface area contributed by atoms with Crippen LogP contribution >= 0.6 is 11.3 Å². The van der Waals surface area contributed by atoms with Gasteiger partial charge in [-0.2, -0.15) is 0 Å². The third-order valence-corrected chi connectivity index (χ3v) is 4.42. The van der Waals surface area contributed by atoms with Crippen molar-refractivity contribution in [2.75, 3.05) is 7.11 Å². The number of thiazole rings is 1. The highest BCUT2D eigenvalue weighted by atomic mass is 32.1. The molecule has 3 rings (SSSR count). The molecule has 6 heteroatoms. The first-order valence-electron chi connectivity index (χ1n) is 7.26. The third kappa shape index (κ3) is 2.90. The fourth-order valence-corrected chi connectivity index (χ4v) is 3.10. The van der Waals surface area contributed by atoms with E-state index in [4.69, 9.17) is 4.74 Å². The molecule has 0 amide bonds. The molecule has 1 N–H and O–H groups in total. The molecule has 0 fully saturated rings. The van der Waals surface area contributed by atoms with Gasteiger partial charge in [-0.25, -0.2) is 15.0 Å². The van der Waals surface area contributed by atoms with Crippen molar-refractivity contribution < 1.29 is 9.84 Å². The highest BCUT2D eigenvalue weighted by Crippen LogP contribution is 2.38. The topological polar surface area (TPSA) is 68.1 Å². The van der Waals surface area contributed by atoms with Crippen molar-refractivity contribution >= 4 is 11.3 Å². The van der Waals surface area contributed by atoms with Crippen LogP contribution in [0.15, 0.2) is 30.0 Å². The maximum absolute atomic E-state index is 10.4. The highest BCUT2D eigenvalue weighted by Gasteiger charge is 2.17. The van der Waals surface area contributed by atoms with Gasteiger partial charge in [-0.3, -0.25) is 0 Å². The second-order valence-corrected chi connectivity index (χ2v) is 6.13. The van der Waals surface area contributed by atoms with Crippen LogP contribution in [0, 0.1) is 6.92 Å². The van der Waals surface area contributed by atoms with E-state index in [2.05, 4.69) is 15.0 Å². The molecule has 1 aromatic carbocycles. The summed E-state index contributed by atoms with van der Waals surface area (Å²) >= 11 is 1.57. The fourth-order valence-electron chi connectivity index (χ4n) is 2.49. The first-order chi connectivity index (χ1) is 11.1. The van der Waals surface area contributed by atoms with Gasteiger partial charge >= 0.3 is 0 Å². The van der Waals surface area contributed by atoms with Gasteiger partial charge in [0.05, 0.1) is 23.5 Å². The van der Waals surface area contributed by atoms with Crippen LogP contribution < -0.4 is 4.74 Å². The van der Waals surface area contributed by atoms with Gasteiger partial charge in [0, 0.05) is 28.8 Å². The minimum Gasteiger partial charge on any atom is -0.507 e. The Morgan fingerprint density at radius 1 is 1.26 bits per heavy atom. The van der Waals surface area contributed by atoms with Crippen molar-refractivity contribution in [3.8, 4) is 34.0 Å². The van der Waals surface area contributed by atoms with Crippen molar-refractivity contribution in [2.24, 2.45) is 0 Å². The highest BCUT2D eigenvalue weighted by molar-refractivity contribution is 7.09. The molecular formula is C17H17N3O2S. The average molecular weight is 327 g/mol. The molecule has 2 heterocycles. The quantitative estimate of drug-likeness (QED) is 0.788. The second kappa shape index (κ2) is 6.34. The van der Waals surface area contributed by atoms with E-state index in [-0.39, 0.29) is 5.75 Å². The van der Waals surface area contributed by atoms with E-state index in [1.165, 1.54) is 6.33 Å². The van der Waals surface area contributed by atoms with Crippen LogP contribution in [0.5, 0.6) is 11.5 Å². The number of aryl methyl sites for hydroxylation is 2. The van der Waals surface area contributed by atoms with E-state index in [0.717, 1.165) is 28.2 Å². The predicted molar refractivity (Wildman–Crippen MR) is 90.9 cm³/mol. The lowest BCUT2D eigenvalue weighted by Crippen LogP contribution is -1.95. The monoisotopic (exact) mass is 327 g/mol. The zero-order valence-electron chi connectivity index (χ0n) is 13.2. The summed E-state index contributed by atoms with van der Waals surface area (Å²) in [6.45, 7) is 4.00. The normalized spacial score (nSPS) is 10.7. The molecule has 0 atom stereocenters. The lowest BCUT2D eigenvalue weighted by Gasteiger charge is -2.13. The molecule has 118 valence electrons. The Hall–Kier alpha value is -2.47. The van der Waals surface area contributed by atoms with Crippen molar-refractivity contribution in [3.05, 3.63) is 40.6 Å². The lowest BCUT2D eigenvalue weighted by molar-refractivity contribution is 0.403. The smallest absolute Gasteiger partial charge is 0.128 e. The van der Waals surface area contributed by atoms with Crippen LogP contribution in [-0.4, -0.2) is 27.2 Å². The largest absolute Gasteiger partial charge is 0.507 e. The number of aromatic nitrogens is 3. The van der Waals surface area contributed by atoms with Crippen molar-refractivity contribution in [1.82, 2.24) is 15.0 Å². The van der Waals surface area contributed by atoms with E-state index >= 15 is 0 Å². The number of ether oxygens (including phenoxy) is 1. The molecule has 0 aliphatic rings. The van der Waals surface area contributed by atoms with Gasteiger partial charge in [-0.05, 0) is 25.0 Å². The standard InChI is InChI=1S/C17H17N3O2S/c1-4-11-5-12(15(21)6-16(11)22-3)17-13(7-18-9-19-17)14-8-23-10(2)20-14/h5-9,21H,4H2,1-3H3. The van der Waals surface area contributed by atoms with E-state index in [1.807, 2.05) is 25.3 Å². The Labute approximate surface area is 138 Å². The van der Waals surface area contributed by atoms with Gasteiger partial charge in [-0.1, -0.05) is 6.92 Å². The average Bonchev–Trinajstić information content (AvgIpc) is 3.01. The van der Waals surface area contributed by atoms with Crippen LogP contribution in [0.1, 0.15) is 17.5 Å². The Kier molecular flexibility index (Phi) is 4.25. The number of methoxy groups -OCH3 is 1. The van der Waals surface area contributed by atoms with Gasteiger partial charge in [0.2, 0.25) is 0 Å². The Morgan fingerprint density at radius 3 is 2.74 bits per heavy atom. The zero-order chi connectivity index (χ0) is 16.4. The van der Waals surface area contributed by atoms with E-state index in [9.17, 15) is 5.11 Å². The predicted octanol–water partition coefficient (Wildman–Crippen LogP) is 3.85. The molecule has 0 aliphatic heterocycles. The summed E-state index contributed by atoms with van der Waals surface area (Å²) in [5, 5.41) is 13.4. The number of phenols is 1. The van der Waals surface area contributed by atoms with Gasteiger partial charge < -0.3 is 9.84 Å². The summed E-state index contributed by atoms with van der Waals surface area (Å²) in [6.07, 6.45) is 4.01. The number of hydrogen-bond donors (Lipinski definition) is 1. The minimum absolute atomic E-state index is 0.131. The van der Waals surface area contributed by atoms with Gasteiger partial charge in [0.25, 0.3) is 0 Å². The van der Waals surface area contributed by atoms with E-state index < -0.39 is 0 Å². The van der Waals surface area contributed by atoms with Gasteiger partial charge in [0.1, 0.15) is 17.8 Å². The summed E-state index contributed by atoms with van der Waals surface area (Å²) in [5.74, 6) is 0.805. The first kappa shape index (κ1) is 15.4. The molecule has 23 heavy (non-hydrogen) atoms. The van der Waals surface area contributed by atoms with Gasteiger partial charge in [-0.15, -0.1) is 11.3 Å². The summed E-state index contributed by atoms with van der Waals surface area (Å²) in [6, 6.07) is 3.55. The summed E-state index contributed by atoms with van der Waals surface area (Å²) in [7, 11) is 1.60. The summed E-state index contributed by atoms with van der Waals surface area (Å²) in [5.41, 5.74) is 3.96. The lowest BCUT2D eigenvalue weighted by atomic mass is 10.00. The van der Waals surface area contributed by atoms with Crippen LogP contribution in [0.2, 0.25) is 0 Å². The summed E-state index contributed by atoms with van der Waals surface area (Å²) in [4.78, 5) is 13.0. The molecule has 0 saturated heterocycles. The first-order valence-corrected chi connectivity index (χ1v) is 8.14. The molecule has 0 radical (unpaired) electrons. The maximum Gasteiger partial charge on any atom is 0.128 e. The number of hydrogen-bond acceptors (Lipinski definition) is 6. The maximum atomic E-state index is 10.4. The molecule has 0 aliphatic carbocycles. The third-order valence-electron chi connectivity index (χ3n) is 3.64. The van der Waals surface area contributed by atoms with Crippen LogP contribution in [0.4, 0.5) is 0 Å². The van der Waals surface area contributed by atoms with Gasteiger partial charge in [0.15, 0.2) is 0 Å². The number of nitrogens with zero attached hydrogens (tertiary/aromatic N) is 3. The molecule has 0 unspecified atom stereocenters. The zero-order valence-corrected chi connectivity index (χ0v) is 14.0. The van der Waals surface area contributed by atoms with Crippen molar-refractivity contribution in [2.45, 2.75) is 20.3 Å². The number of rotatable bonds is 4. The molecule has 2 aromatic heterocycles. The van der Waals surface area contributed by atoms with E-state index in [1.54, 1.807) is 30.7 Å². The number of aromatic hydroxyl groups is 1. The fraction of sp³-hybridized carbons (Fsp3) is 0.235. The number of phenolic OH excluding ortho intramolecular Hbond substituents is 1. The minimum atomic E-state index is 0.131. The molecule has 0 saturated carbocycles. The van der Waals surface area contributed by atoms with Crippen LogP contribution in [0.25, 0.3) is 22.5 Å². The Bertz CT molecular complexity index is 846.